The van der Waals surface area contributed by atoms with Gasteiger partial charge in [0, 0.05) is 38.1 Å². The molecule has 6 nitrogen and oxygen atoms in total. The van der Waals surface area contributed by atoms with Crippen molar-refractivity contribution in [2.45, 2.75) is 38.8 Å². The zero-order valence-electron chi connectivity index (χ0n) is 18.9. The van der Waals surface area contributed by atoms with Gasteiger partial charge in [0.05, 0.1) is 19.3 Å². The summed E-state index contributed by atoms with van der Waals surface area (Å²) in [6.07, 6.45) is 4.14. The van der Waals surface area contributed by atoms with E-state index >= 15 is 0 Å². The summed E-state index contributed by atoms with van der Waals surface area (Å²) in [5.74, 6) is 2.29. The molecule has 0 radical (unpaired) electrons. The van der Waals surface area contributed by atoms with E-state index in [1.54, 1.807) is 17.8 Å². The van der Waals surface area contributed by atoms with E-state index in [9.17, 15) is 4.39 Å². The number of anilines is 1. The predicted octanol–water partition coefficient (Wildman–Crippen LogP) is 4.18. The molecule has 0 spiro atoms. The molecule has 1 saturated heterocycles. The van der Waals surface area contributed by atoms with Crippen molar-refractivity contribution in [1.29, 1.82) is 0 Å². The molecule has 3 rings (SSSR count). The Kier molecular flexibility index (Phi) is 11.5. The zero-order valence-corrected chi connectivity index (χ0v) is 22.1. The number of thioether (sulfide) groups is 1. The average molecular weight is 574 g/mol. The molecule has 2 aromatic rings. The highest BCUT2D eigenvalue weighted by atomic mass is 127. The molecule has 0 aliphatic carbocycles. The number of guanidine groups is 1. The van der Waals surface area contributed by atoms with Gasteiger partial charge in [-0.15, -0.1) is 24.0 Å². The Hall–Kier alpha value is -1.59. The summed E-state index contributed by atoms with van der Waals surface area (Å²) in [6, 6.07) is 9.09. The first-order valence-electron chi connectivity index (χ1n) is 10.7. The van der Waals surface area contributed by atoms with Gasteiger partial charge >= 0.3 is 0 Å². The molecule has 9 heteroatoms. The first-order valence-corrected chi connectivity index (χ1v) is 12.1. The Morgan fingerprint density at radius 1 is 1.28 bits per heavy atom. The third kappa shape index (κ3) is 8.08. The van der Waals surface area contributed by atoms with Gasteiger partial charge in [-0.25, -0.2) is 14.4 Å². The number of hydrogen-bond acceptors (Lipinski definition) is 5. The monoisotopic (exact) mass is 573 g/mol. The van der Waals surface area contributed by atoms with Crippen molar-refractivity contribution in [3.63, 3.8) is 0 Å². The number of hydrogen-bond donors (Lipinski definition) is 2. The van der Waals surface area contributed by atoms with Crippen LogP contribution >= 0.6 is 35.7 Å². The lowest BCUT2D eigenvalue weighted by Crippen LogP contribution is -2.41. The minimum atomic E-state index is -0.198. The molecule has 1 fully saturated rings. The summed E-state index contributed by atoms with van der Waals surface area (Å²) < 4.78 is 19.2. The van der Waals surface area contributed by atoms with Crippen molar-refractivity contribution in [2.24, 2.45) is 4.99 Å². The molecule has 0 bridgehead atoms. The summed E-state index contributed by atoms with van der Waals surface area (Å²) in [4.78, 5) is 11.6. The number of pyridine rings is 1. The van der Waals surface area contributed by atoms with E-state index in [0.29, 0.717) is 13.1 Å². The number of morpholine rings is 1. The number of aromatic nitrogens is 1. The van der Waals surface area contributed by atoms with Crippen LogP contribution < -0.4 is 15.5 Å². The van der Waals surface area contributed by atoms with E-state index in [0.717, 1.165) is 60.5 Å². The van der Waals surface area contributed by atoms with Gasteiger partial charge in [0.15, 0.2) is 5.96 Å². The Balaban J connectivity index is 0.00000363. The Labute approximate surface area is 211 Å². The molecule has 1 aromatic carbocycles. The van der Waals surface area contributed by atoms with Crippen molar-refractivity contribution < 1.29 is 9.13 Å². The first-order chi connectivity index (χ1) is 15.1. The molecule has 176 valence electrons. The Morgan fingerprint density at radius 3 is 2.81 bits per heavy atom. The highest BCUT2D eigenvalue weighted by Crippen LogP contribution is 2.17. The lowest BCUT2D eigenvalue weighted by atomic mass is 10.1. The minimum Gasteiger partial charge on any atom is -0.375 e. The molecule has 2 N–H and O–H groups in total. The molecular weight excluding hydrogens is 540 g/mol. The van der Waals surface area contributed by atoms with Crippen LogP contribution in [0.5, 0.6) is 0 Å². The topological polar surface area (TPSA) is 61.8 Å². The molecule has 0 amide bonds. The third-order valence-electron chi connectivity index (χ3n) is 5.05. The average Bonchev–Trinajstić information content (AvgIpc) is 2.77. The summed E-state index contributed by atoms with van der Waals surface area (Å²) in [7, 11) is 0. The largest absolute Gasteiger partial charge is 0.375 e. The smallest absolute Gasteiger partial charge is 0.191 e. The number of rotatable bonds is 8. The highest BCUT2D eigenvalue weighted by molar-refractivity contribution is 14.0. The van der Waals surface area contributed by atoms with E-state index in [1.165, 1.54) is 6.07 Å². The second kappa shape index (κ2) is 13.8. The van der Waals surface area contributed by atoms with Crippen LogP contribution in [0.25, 0.3) is 0 Å². The van der Waals surface area contributed by atoms with Crippen molar-refractivity contribution in [3.05, 3.63) is 59.0 Å². The van der Waals surface area contributed by atoms with Gasteiger partial charge in [0.25, 0.3) is 0 Å². The van der Waals surface area contributed by atoms with Gasteiger partial charge in [-0.1, -0.05) is 12.1 Å². The van der Waals surface area contributed by atoms with Crippen LogP contribution in [-0.2, 0) is 23.6 Å². The highest BCUT2D eigenvalue weighted by Gasteiger charge is 2.17. The SMILES string of the molecule is CCNC(=NCc1ccc(N2CCOC(C)C2)nc1)NCc1ccc(F)cc1CSC.I. The van der Waals surface area contributed by atoms with Gasteiger partial charge in [-0.3, -0.25) is 0 Å². The van der Waals surface area contributed by atoms with Gasteiger partial charge < -0.3 is 20.3 Å². The number of ether oxygens (including phenoxy) is 1. The molecule has 1 aliphatic rings. The lowest BCUT2D eigenvalue weighted by molar-refractivity contribution is 0.0529. The van der Waals surface area contributed by atoms with Gasteiger partial charge in [-0.05, 0) is 55.0 Å². The number of aliphatic imine (C=N–C) groups is 1. The molecule has 1 atom stereocenters. The summed E-state index contributed by atoms with van der Waals surface area (Å²) in [5.41, 5.74) is 3.13. The fourth-order valence-electron chi connectivity index (χ4n) is 3.47. The minimum absolute atomic E-state index is 0. The van der Waals surface area contributed by atoms with Crippen LogP contribution in [0.2, 0.25) is 0 Å². The molecule has 1 aliphatic heterocycles. The quantitative estimate of drug-likeness (QED) is 0.281. The van der Waals surface area contributed by atoms with Crippen LogP contribution in [0, 0.1) is 5.82 Å². The maximum atomic E-state index is 13.6. The molecular formula is C23H33FIN5OS. The van der Waals surface area contributed by atoms with Crippen molar-refractivity contribution in [2.75, 3.05) is 37.4 Å². The van der Waals surface area contributed by atoms with E-state index in [2.05, 4.69) is 44.6 Å². The van der Waals surface area contributed by atoms with Crippen LogP contribution in [0.1, 0.15) is 30.5 Å². The van der Waals surface area contributed by atoms with E-state index in [4.69, 9.17) is 4.74 Å². The van der Waals surface area contributed by atoms with Crippen molar-refractivity contribution >= 4 is 47.5 Å². The molecule has 32 heavy (non-hydrogen) atoms. The van der Waals surface area contributed by atoms with E-state index in [1.807, 2.05) is 25.4 Å². The summed E-state index contributed by atoms with van der Waals surface area (Å²) in [5, 5.41) is 6.63. The maximum absolute atomic E-state index is 13.6. The standard InChI is InChI=1S/C23H32FN5OS.HI/c1-4-25-23(28-14-19-6-7-21(24)11-20(19)16-31-3)27-13-18-5-8-22(26-12-18)29-9-10-30-17(2)15-29;/h5-8,11-12,17H,4,9-10,13-16H2,1-3H3,(H2,25,27,28);1H. The van der Waals surface area contributed by atoms with Gasteiger partial charge in [-0.2, -0.15) is 11.8 Å². The predicted molar refractivity (Wildman–Crippen MR) is 143 cm³/mol. The van der Waals surface area contributed by atoms with E-state index < -0.39 is 0 Å². The van der Waals surface area contributed by atoms with Crippen LogP contribution in [-0.4, -0.2) is 49.5 Å². The number of nitrogens with zero attached hydrogens (tertiary/aromatic N) is 3. The van der Waals surface area contributed by atoms with E-state index in [-0.39, 0.29) is 35.9 Å². The fourth-order valence-corrected chi connectivity index (χ4v) is 4.05. The molecule has 1 unspecified atom stereocenters. The Morgan fingerprint density at radius 2 is 2.12 bits per heavy atom. The second-order valence-electron chi connectivity index (χ2n) is 7.55. The summed E-state index contributed by atoms with van der Waals surface area (Å²) >= 11 is 1.68. The van der Waals surface area contributed by atoms with Gasteiger partial charge in [0.2, 0.25) is 0 Å². The third-order valence-corrected chi connectivity index (χ3v) is 5.65. The maximum Gasteiger partial charge on any atom is 0.191 e. The molecule has 2 heterocycles. The number of halogens is 2. The lowest BCUT2D eigenvalue weighted by Gasteiger charge is -2.32. The normalized spacial score (nSPS) is 16.4. The number of nitrogens with one attached hydrogen (secondary N) is 2. The van der Waals surface area contributed by atoms with Crippen molar-refractivity contribution in [3.8, 4) is 0 Å². The van der Waals surface area contributed by atoms with Crippen molar-refractivity contribution in [1.82, 2.24) is 15.6 Å². The van der Waals surface area contributed by atoms with Crippen LogP contribution in [0.4, 0.5) is 10.2 Å². The zero-order chi connectivity index (χ0) is 22.1. The molecule has 1 aromatic heterocycles. The van der Waals surface area contributed by atoms with Gasteiger partial charge in [0.1, 0.15) is 11.6 Å². The number of benzene rings is 1. The van der Waals surface area contributed by atoms with Crippen LogP contribution in [0.15, 0.2) is 41.5 Å². The summed E-state index contributed by atoms with van der Waals surface area (Å²) in [6.45, 7) is 8.47. The second-order valence-corrected chi connectivity index (χ2v) is 8.41. The first kappa shape index (κ1) is 26.7. The fraction of sp³-hybridized carbons (Fsp3) is 0.478. The Bertz CT molecular complexity index is 868. The van der Waals surface area contributed by atoms with Crippen LogP contribution in [0.3, 0.4) is 0 Å². The molecule has 0 saturated carbocycles.